The van der Waals surface area contributed by atoms with Crippen LogP contribution in [0.1, 0.15) is 26.7 Å². The molecular formula is C16H22O5S. The molecule has 4 atom stereocenters. The largest absolute Gasteiger partial charge is 0.390 e. The van der Waals surface area contributed by atoms with Gasteiger partial charge in [0.25, 0.3) is 0 Å². The van der Waals surface area contributed by atoms with Gasteiger partial charge in [-0.15, -0.1) is 0 Å². The highest BCUT2D eigenvalue weighted by Crippen LogP contribution is 2.66. The lowest BCUT2D eigenvalue weighted by molar-refractivity contribution is -0.0497. The molecule has 6 heteroatoms. The molecular weight excluding hydrogens is 304 g/mol. The number of aliphatic hydroxyl groups is 2. The number of rotatable bonds is 4. The van der Waals surface area contributed by atoms with Crippen molar-refractivity contribution in [3.05, 3.63) is 30.3 Å². The summed E-state index contributed by atoms with van der Waals surface area (Å²) in [5.74, 6) is -0.0925. The first-order valence-corrected chi connectivity index (χ1v) is 9.11. The lowest BCUT2D eigenvalue weighted by atomic mass is 9.70. The maximum atomic E-state index is 12.5. The monoisotopic (exact) mass is 326 g/mol. The third-order valence-electron chi connectivity index (χ3n) is 5.81. The molecule has 122 valence electrons. The van der Waals surface area contributed by atoms with E-state index in [4.69, 9.17) is 4.18 Å². The molecule has 0 amide bonds. The Kier molecular flexibility index (Phi) is 3.54. The van der Waals surface area contributed by atoms with Crippen LogP contribution in [0.25, 0.3) is 0 Å². The molecule has 22 heavy (non-hydrogen) atoms. The average Bonchev–Trinajstić information content (AvgIpc) is 2.75. The molecule has 2 aliphatic rings. The summed E-state index contributed by atoms with van der Waals surface area (Å²) >= 11 is 0. The topological polar surface area (TPSA) is 83.8 Å². The third kappa shape index (κ3) is 2.16. The maximum Gasteiger partial charge on any atom is 0.309 e. The summed E-state index contributed by atoms with van der Waals surface area (Å²) in [6.45, 7) is 3.87. The minimum absolute atomic E-state index is 0.0746. The van der Waals surface area contributed by atoms with E-state index in [0.717, 1.165) is 6.42 Å². The van der Waals surface area contributed by atoms with E-state index in [1.54, 1.807) is 30.3 Å². The van der Waals surface area contributed by atoms with Crippen molar-refractivity contribution in [2.75, 3.05) is 5.75 Å². The van der Waals surface area contributed by atoms with Gasteiger partial charge in [0.05, 0.1) is 18.0 Å². The standard InChI is InChI=1S/C16H22O5S/c1-15(2)12-8-9-16(15,14(18)13(12)17)10-22(19,20)21-11-6-4-3-5-7-11/h3-7,12-14,17-18H,8-10H2,1-2H3/t12-,13-,14-,16-/m1/s1. The molecule has 3 rings (SSSR count). The van der Waals surface area contributed by atoms with Gasteiger partial charge in [-0.05, 0) is 36.3 Å². The van der Waals surface area contributed by atoms with Crippen LogP contribution in [0.5, 0.6) is 5.75 Å². The Morgan fingerprint density at radius 3 is 2.41 bits per heavy atom. The van der Waals surface area contributed by atoms with Crippen LogP contribution >= 0.6 is 0 Å². The third-order valence-corrected chi connectivity index (χ3v) is 7.13. The highest BCUT2D eigenvalue weighted by atomic mass is 32.2. The van der Waals surface area contributed by atoms with E-state index in [1.165, 1.54) is 0 Å². The van der Waals surface area contributed by atoms with Crippen LogP contribution in [0, 0.1) is 16.7 Å². The second-order valence-corrected chi connectivity index (χ2v) is 8.63. The molecule has 2 N–H and O–H groups in total. The van der Waals surface area contributed by atoms with Crippen molar-refractivity contribution < 1.29 is 22.8 Å². The number of fused-ring (bicyclic) bond motifs is 2. The fourth-order valence-electron chi connectivity index (χ4n) is 4.45. The molecule has 2 bridgehead atoms. The summed E-state index contributed by atoms with van der Waals surface area (Å²) in [7, 11) is -3.86. The van der Waals surface area contributed by atoms with E-state index in [-0.39, 0.29) is 17.4 Å². The second kappa shape index (κ2) is 4.94. The minimum Gasteiger partial charge on any atom is -0.390 e. The van der Waals surface area contributed by atoms with Gasteiger partial charge in [0, 0.05) is 5.41 Å². The van der Waals surface area contributed by atoms with Crippen molar-refractivity contribution in [3.8, 4) is 5.75 Å². The molecule has 1 aromatic rings. The van der Waals surface area contributed by atoms with Crippen molar-refractivity contribution in [2.45, 2.75) is 38.9 Å². The Morgan fingerprint density at radius 1 is 1.23 bits per heavy atom. The van der Waals surface area contributed by atoms with E-state index < -0.39 is 33.2 Å². The number of para-hydroxylation sites is 1. The van der Waals surface area contributed by atoms with E-state index >= 15 is 0 Å². The maximum absolute atomic E-state index is 12.5. The van der Waals surface area contributed by atoms with Gasteiger partial charge in [-0.25, -0.2) is 0 Å². The van der Waals surface area contributed by atoms with Gasteiger partial charge in [0.1, 0.15) is 5.75 Å². The number of hydrogen-bond acceptors (Lipinski definition) is 5. The molecule has 0 aliphatic heterocycles. The van der Waals surface area contributed by atoms with Crippen LogP contribution < -0.4 is 4.18 Å². The van der Waals surface area contributed by atoms with Gasteiger partial charge in [-0.3, -0.25) is 0 Å². The van der Waals surface area contributed by atoms with E-state index in [9.17, 15) is 18.6 Å². The van der Waals surface area contributed by atoms with Crippen molar-refractivity contribution in [1.82, 2.24) is 0 Å². The van der Waals surface area contributed by atoms with Gasteiger partial charge >= 0.3 is 10.1 Å². The van der Waals surface area contributed by atoms with E-state index in [2.05, 4.69) is 0 Å². The van der Waals surface area contributed by atoms with Gasteiger partial charge in [-0.1, -0.05) is 32.0 Å². The lowest BCUT2D eigenvalue weighted by Crippen LogP contribution is -2.47. The van der Waals surface area contributed by atoms with Crippen molar-refractivity contribution in [3.63, 3.8) is 0 Å². The van der Waals surface area contributed by atoms with E-state index in [0.29, 0.717) is 6.42 Å². The quantitative estimate of drug-likeness (QED) is 0.820. The van der Waals surface area contributed by atoms with Crippen LogP contribution in [-0.2, 0) is 10.1 Å². The number of benzene rings is 1. The summed E-state index contributed by atoms with van der Waals surface area (Å²) in [6.07, 6.45) is -0.585. The van der Waals surface area contributed by atoms with Gasteiger partial charge < -0.3 is 14.4 Å². The SMILES string of the molecule is CC1(C)[C@@H]2CC[C@@]1(CS(=O)(=O)Oc1ccccc1)[C@H](O)[C@@H]2O. The van der Waals surface area contributed by atoms with Crippen LogP contribution in [0.4, 0.5) is 0 Å². The van der Waals surface area contributed by atoms with Crippen LogP contribution in [0.3, 0.4) is 0 Å². The Hall–Kier alpha value is -1.11. The zero-order valence-corrected chi connectivity index (χ0v) is 13.6. The molecule has 0 unspecified atom stereocenters. The molecule has 1 aromatic carbocycles. The highest BCUT2D eigenvalue weighted by Gasteiger charge is 2.69. The molecule has 0 aromatic heterocycles. The summed E-state index contributed by atoms with van der Waals surface area (Å²) in [6, 6.07) is 8.34. The first-order chi connectivity index (χ1) is 10.2. The first kappa shape index (κ1) is 15.8. The fraction of sp³-hybridized carbons (Fsp3) is 0.625. The van der Waals surface area contributed by atoms with Gasteiger partial charge in [0.2, 0.25) is 0 Å². The highest BCUT2D eigenvalue weighted by molar-refractivity contribution is 7.87. The van der Waals surface area contributed by atoms with Crippen molar-refractivity contribution >= 4 is 10.1 Å². The predicted octanol–water partition coefficient (Wildman–Crippen LogP) is 1.55. The number of hydrogen-bond donors (Lipinski definition) is 2. The summed E-state index contributed by atoms with van der Waals surface area (Å²) in [4.78, 5) is 0. The van der Waals surface area contributed by atoms with Crippen LogP contribution in [0.15, 0.2) is 30.3 Å². The molecule has 2 fully saturated rings. The Balaban J connectivity index is 1.88. The fourth-order valence-corrected chi connectivity index (χ4v) is 6.23. The molecule has 0 spiro atoms. The Labute approximate surface area is 131 Å². The molecule has 5 nitrogen and oxygen atoms in total. The predicted molar refractivity (Wildman–Crippen MR) is 81.8 cm³/mol. The Bertz CT molecular complexity index is 654. The smallest absolute Gasteiger partial charge is 0.309 e. The number of aliphatic hydroxyl groups excluding tert-OH is 2. The van der Waals surface area contributed by atoms with Gasteiger partial charge in [-0.2, -0.15) is 8.42 Å². The molecule has 0 heterocycles. The van der Waals surface area contributed by atoms with Crippen molar-refractivity contribution in [2.24, 2.45) is 16.7 Å². The van der Waals surface area contributed by atoms with Gasteiger partial charge in [0.15, 0.2) is 0 Å². The molecule has 2 aliphatic carbocycles. The molecule has 0 radical (unpaired) electrons. The normalized spacial score (nSPS) is 36.5. The second-order valence-electron chi connectivity index (χ2n) is 7.06. The minimum atomic E-state index is -3.86. The first-order valence-electron chi connectivity index (χ1n) is 7.53. The molecule has 0 saturated heterocycles. The Morgan fingerprint density at radius 2 is 1.86 bits per heavy atom. The van der Waals surface area contributed by atoms with Crippen LogP contribution in [-0.4, -0.2) is 36.6 Å². The van der Waals surface area contributed by atoms with E-state index in [1.807, 2.05) is 13.8 Å². The average molecular weight is 326 g/mol. The lowest BCUT2D eigenvalue weighted by Gasteiger charge is -2.39. The summed E-state index contributed by atoms with van der Waals surface area (Å²) in [5.41, 5.74) is -1.30. The summed E-state index contributed by atoms with van der Waals surface area (Å²) < 4.78 is 30.1. The van der Waals surface area contributed by atoms with Crippen molar-refractivity contribution in [1.29, 1.82) is 0 Å². The molecule has 2 saturated carbocycles. The van der Waals surface area contributed by atoms with Crippen LogP contribution in [0.2, 0.25) is 0 Å². The zero-order chi connectivity index (χ0) is 16.2. The summed E-state index contributed by atoms with van der Waals surface area (Å²) in [5, 5.41) is 20.6. The zero-order valence-electron chi connectivity index (χ0n) is 12.8.